The molecule has 49 heavy (non-hydrogen) atoms. The second kappa shape index (κ2) is 9.96. The molecule has 0 aliphatic carbocycles. The normalized spacial score (nSPS) is 12.1. The third kappa shape index (κ3) is 3.90. The van der Waals surface area contributed by atoms with Crippen LogP contribution < -0.4 is 4.90 Å². The highest BCUT2D eigenvalue weighted by molar-refractivity contribution is 6.18. The summed E-state index contributed by atoms with van der Waals surface area (Å²) in [5.74, 6) is 0. The number of para-hydroxylation sites is 2. The van der Waals surface area contributed by atoms with Gasteiger partial charge in [0.2, 0.25) is 0 Å². The van der Waals surface area contributed by atoms with Crippen molar-refractivity contribution in [2.45, 2.75) is 0 Å². The summed E-state index contributed by atoms with van der Waals surface area (Å²) in [6.45, 7) is 0. The van der Waals surface area contributed by atoms with Crippen molar-refractivity contribution < 1.29 is 8.83 Å². The van der Waals surface area contributed by atoms with E-state index in [2.05, 4.69) is 144 Å². The van der Waals surface area contributed by atoms with Crippen molar-refractivity contribution in [3.05, 3.63) is 164 Å². The van der Waals surface area contributed by atoms with E-state index in [4.69, 9.17) is 8.83 Å². The molecule has 0 saturated heterocycles. The number of nitrogens with zero attached hydrogens (tertiary/aromatic N) is 1. The van der Waals surface area contributed by atoms with E-state index in [1.165, 1.54) is 43.1 Å². The lowest BCUT2D eigenvalue weighted by Crippen LogP contribution is -2.10. The Balaban J connectivity index is 1.18. The molecular formula is C46H27NO2. The van der Waals surface area contributed by atoms with Gasteiger partial charge in [0.1, 0.15) is 22.3 Å². The predicted octanol–water partition coefficient (Wildman–Crippen LogP) is 13.6. The van der Waals surface area contributed by atoms with Crippen LogP contribution in [-0.2, 0) is 0 Å². The standard InChI is InChI=1S/C46H27NO2/c1-2-9-34-28(8-1)16-17-29-20-21-33(26-38(29)34)47(41-12-7-15-44-46(41)37-11-4-6-14-43(37)48-44)32-22-23-35-30(24-32)18-19-31-25-45-40(27-39(31)35)36-10-3-5-13-42(36)49-45/h1-27H. The first kappa shape index (κ1) is 26.5. The van der Waals surface area contributed by atoms with Crippen LogP contribution >= 0.6 is 0 Å². The van der Waals surface area contributed by atoms with E-state index in [1.807, 2.05) is 24.3 Å². The monoisotopic (exact) mass is 625 g/mol. The molecule has 3 nitrogen and oxygen atoms in total. The van der Waals surface area contributed by atoms with E-state index >= 15 is 0 Å². The van der Waals surface area contributed by atoms with Crippen LogP contribution in [0.25, 0.3) is 87.0 Å². The molecule has 0 fully saturated rings. The maximum atomic E-state index is 6.39. The number of fused-ring (bicyclic) bond motifs is 12. The highest BCUT2D eigenvalue weighted by Crippen LogP contribution is 2.45. The van der Waals surface area contributed by atoms with Crippen LogP contribution in [0.5, 0.6) is 0 Å². The van der Waals surface area contributed by atoms with Crippen LogP contribution in [-0.4, -0.2) is 0 Å². The minimum atomic E-state index is 0.873. The van der Waals surface area contributed by atoms with Crippen molar-refractivity contribution in [2.75, 3.05) is 4.90 Å². The molecule has 0 unspecified atom stereocenters. The van der Waals surface area contributed by atoms with E-state index in [-0.39, 0.29) is 0 Å². The summed E-state index contributed by atoms with van der Waals surface area (Å²) in [4.78, 5) is 2.39. The molecule has 9 aromatic carbocycles. The van der Waals surface area contributed by atoms with Gasteiger partial charge in [0.05, 0.1) is 11.1 Å². The Labute approximate surface area is 280 Å². The van der Waals surface area contributed by atoms with Crippen LogP contribution in [0.3, 0.4) is 0 Å². The van der Waals surface area contributed by atoms with Gasteiger partial charge in [-0.05, 0) is 104 Å². The highest BCUT2D eigenvalue weighted by atomic mass is 16.3. The summed E-state index contributed by atoms with van der Waals surface area (Å²) in [5.41, 5.74) is 6.84. The van der Waals surface area contributed by atoms with Crippen molar-refractivity contribution in [3.8, 4) is 0 Å². The molecule has 0 spiro atoms. The molecular weight excluding hydrogens is 599 g/mol. The Hall–Kier alpha value is -6.58. The van der Waals surface area contributed by atoms with E-state index in [0.29, 0.717) is 0 Å². The fraction of sp³-hybridized carbons (Fsp3) is 0. The van der Waals surface area contributed by atoms with Gasteiger partial charge >= 0.3 is 0 Å². The number of benzene rings is 9. The zero-order chi connectivity index (χ0) is 32.1. The lowest BCUT2D eigenvalue weighted by Gasteiger charge is -2.27. The Kier molecular flexibility index (Phi) is 5.38. The third-order valence-electron chi connectivity index (χ3n) is 10.2. The summed E-state index contributed by atoms with van der Waals surface area (Å²) >= 11 is 0. The smallest absolute Gasteiger partial charge is 0.137 e. The summed E-state index contributed by atoms with van der Waals surface area (Å²) in [6.07, 6.45) is 0. The van der Waals surface area contributed by atoms with Crippen LogP contribution in [0.2, 0.25) is 0 Å². The van der Waals surface area contributed by atoms with Gasteiger partial charge < -0.3 is 13.7 Å². The van der Waals surface area contributed by atoms with Gasteiger partial charge in [0.15, 0.2) is 0 Å². The second-order valence-corrected chi connectivity index (χ2v) is 12.9. The van der Waals surface area contributed by atoms with Gasteiger partial charge in [-0.15, -0.1) is 0 Å². The molecule has 228 valence electrons. The molecule has 2 aromatic heterocycles. The molecule has 3 heteroatoms. The molecule has 0 aliphatic rings. The van der Waals surface area contributed by atoms with Crippen LogP contribution in [0.15, 0.2) is 173 Å². The Bertz CT molecular complexity index is 3130. The van der Waals surface area contributed by atoms with E-state index < -0.39 is 0 Å². The summed E-state index contributed by atoms with van der Waals surface area (Å²) in [7, 11) is 0. The van der Waals surface area contributed by atoms with Gasteiger partial charge in [-0.25, -0.2) is 0 Å². The van der Waals surface area contributed by atoms with Gasteiger partial charge in [-0.1, -0.05) is 103 Å². The number of hydrogen-bond donors (Lipinski definition) is 0. The fourth-order valence-corrected chi connectivity index (χ4v) is 7.91. The number of anilines is 3. The molecule has 0 saturated carbocycles. The van der Waals surface area contributed by atoms with Crippen molar-refractivity contribution in [1.29, 1.82) is 0 Å². The van der Waals surface area contributed by atoms with Gasteiger partial charge in [-0.3, -0.25) is 0 Å². The molecule has 0 amide bonds. The number of furan rings is 2. The Morgan fingerprint density at radius 2 is 0.878 bits per heavy atom. The summed E-state index contributed by atoms with van der Waals surface area (Å²) in [6, 6.07) is 58.6. The van der Waals surface area contributed by atoms with Gasteiger partial charge in [0.25, 0.3) is 0 Å². The van der Waals surface area contributed by atoms with Crippen LogP contribution in [0.1, 0.15) is 0 Å². The predicted molar refractivity (Wildman–Crippen MR) is 206 cm³/mol. The van der Waals surface area contributed by atoms with Crippen molar-refractivity contribution >= 4 is 104 Å². The quantitative estimate of drug-likeness (QED) is 0.183. The van der Waals surface area contributed by atoms with Gasteiger partial charge in [0, 0.05) is 27.5 Å². The Morgan fingerprint density at radius 1 is 0.306 bits per heavy atom. The maximum Gasteiger partial charge on any atom is 0.137 e. The lowest BCUT2D eigenvalue weighted by atomic mass is 9.98. The van der Waals surface area contributed by atoms with Crippen LogP contribution in [0.4, 0.5) is 17.1 Å². The first-order chi connectivity index (χ1) is 24.3. The number of rotatable bonds is 3. The minimum Gasteiger partial charge on any atom is -0.456 e. The van der Waals surface area contributed by atoms with Crippen molar-refractivity contribution in [1.82, 2.24) is 0 Å². The minimum absolute atomic E-state index is 0.873. The maximum absolute atomic E-state index is 6.39. The molecule has 0 atom stereocenters. The molecule has 0 N–H and O–H groups in total. The Morgan fingerprint density at radius 3 is 1.76 bits per heavy atom. The largest absolute Gasteiger partial charge is 0.456 e. The van der Waals surface area contributed by atoms with Gasteiger partial charge in [-0.2, -0.15) is 0 Å². The van der Waals surface area contributed by atoms with E-state index in [0.717, 1.165) is 60.9 Å². The summed E-state index contributed by atoms with van der Waals surface area (Å²) < 4.78 is 12.6. The zero-order valence-corrected chi connectivity index (χ0v) is 26.4. The zero-order valence-electron chi connectivity index (χ0n) is 26.4. The average Bonchev–Trinajstić information content (AvgIpc) is 3.72. The highest BCUT2D eigenvalue weighted by Gasteiger charge is 2.20. The molecule has 11 aromatic rings. The number of hydrogen-bond acceptors (Lipinski definition) is 3. The molecule has 11 rings (SSSR count). The molecule has 0 bridgehead atoms. The third-order valence-corrected chi connectivity index (χ3v) is 10.2. The summed E-state index contributed by atoms with van der Waals surface area (Å²) in [5, 5.41) is 14.2. The average molecular weight is 626 g/mol. The fourth-order valence-electron chi connectivity index (χ4n) is 7.91. The van der Waals surface area contributed by atoms with E-state index in [1.54, 1.807) is 0 Å². The SMILES string of the molecule is c1ccc2c(c1)ccc1ccc(N(c3ccc4c(ccc5cc6oc7ccccc7c6cc54)c3)c3cccc4oc5ccccc5c34)cc12. The topological polar surface area (TPSA) is 29.5 Å². The van der Waals surface area contributed by atoms with Crippen LogP contribution in [0, 0.1) is 0 Å². The van der Waals surface area contributed by atoms with Crippen molar-refractivity contribution in [2.24, 2.45) is 0 Å². The molecule has 2 heterocycles. The molecule has 0 radical (unpaired) electrons. The van der Waals surface area contributed by atoms with Crippen molar-refractivity contribution in [3.63, 3.8) is 0 Å². The second-order valence-electron chi connectivity index (χ2n) is 12.9. The molecule has 0 aliphatic heterocycles. The lowest BCUT2D eigenvalue weighted by molar-refractivity contribution is 0.669. The first-order valence-corrected chi connectivity index (χ1v) is 16.7. The first-order valence-electron chi connectivity index (χ1n) is 16.7. The van der Waals surface area contributed by atoms with E-state index in [9.17, 15) is 0 Å².